The Balaban J connectivity index is 0.861. The summed E-state index contributed by atoms with van der Waals surface area (Å²) in [7, 11) is 0. The van der Waals surface area contributed by atoms with E-state index < -0.39 is 0 Å². The van der Waals surface area contributed by atoms with Crippen molar-refractivity contribution in [2.45, 2.75) is 56.3 Å². The van der Waals surface area contributed by atoms with Crippen molar-refractivity contribution in [3.05, 3.63) is 47.4 Å². The third kappa shape index (κ3) is 4.46. The Morgan fingerprint density at radius 2 is 1.94 bits per heavy atom. The summed E-state index contributed by atoms with van der Waals surface area (Å²) in [6.07, 6.45) is 5.76. The second kappa shape index (κ2) is 9.38. The van der Waals surface area contributed by atoms with Crippen LogP contribution in [0.2, 0.25) is 0 Å². The fraction of sp³-hybridized carbons (Fsp3) is 0.654. The van der Waals surface area contributed by atoms with Gasteiger partial charge < -0.3 is 14.6 Å². The molecule has 36 heavy (non-hydrogen) atoms. The largest absolute Gasteiger partial charge is 0.380 e. The Hall–Kier alpha value is -2.01. The van der Waals surface area contributed by atoms with Gasteiger partial charge in [-0.05, 0) is 55.6 Å². The molecule has 6 heterocycles. The van der Waals surface area contributed by atoms with Crippen LogP contribution in [0.25, 0.3) is 0 Å². The number of pyridine rings is 1. The average molecular weight is 514 g/mol. The van der Waals surface area contributed by atoms with Crippen molar-refractivity contribution in [2.75, 3.05) is 32.1 Å². The highest BCUT2D eigenvalue weighted by Crippen LogP contribution is 2.54. The Bertz CT molecular complexity index is 1090. The maximum Gasteiger partial charge on any atom is 0.273 e. The molecule has 4 saturated heterocycles. The van der Waals surface area contributed by atoms with E-state index in [4.69, 9.17) is 9.26 Å². The van der Waals surface area contributed by atoms with Gasteiger partial charge in [-0.2, -0.15) is 0 Å². The van der Waals surface area contributed by atoms with Crippen molar-refractivity contribution < 1.29 is 18.4 Å². The first-order valence-corrected chi connectivity index (χ1v) is 14.1. The van der Waals surface area contributed by atoms with Gasteiger partial charge in [0.15, 0.2) is 5.69 Å². The summed E-state index contributed by atoms with van der Waals surface area (Å²) in [5.74, 6) is 4.19. The SMILES string of the molecule is O=C(NC1CC2CCC(C1)N2SCC1C2CN(Cc3ccc(F)cn3)CC12)c1cc(C2COC2)on1. The zero-order chi connectivity index (χ0) is 24.2. The molecule has 7 rings (SSSR count). The molecule has 1 aliphatic carbocycles. The fourth-order valence-electron chi connectivity index (χ4n) is 6.72. The lowest BCUT2D eigenvalue weighted by molar-refractivity contribution is -0.00228. The maximum absolute atomic E-state index is 13.1. The van der Waals surface area contributed by atoms with Crippen molar-refractivity contribution >= 4 is 17.9 Å². The van der Waals surface area contributed by atoms with Crippen LogP contribution < -0.4 is 5.32 Å². The summed E-state index contributed by atoms with van der Waals surface area (Å²) in [6, 6.07) is 6.34. The number of carbonyl (C=O) groups excluding carboxylic acids is 1. The van der Waals surface area contributed by atoms with Gasteiger partial charge in [-0.1, -0.05) is 17.1 Å². The molecule has 4 unspecified atom stereocenters. The maximum atomic E-state index is 13.1. The molecule has 5 aliphatic rings. The number of amides is 1. The molecular formula is C26H32FN5O3S. The fourth-order valence-corrected chi connectivity index (χ4v) is 8.37. The van der Waals surface area contributed by atoms with E-state index in [2.05, 4.69) is 36.6 Å². The predicted molar refractivity (Wildman–Crippen MR) is 132 cm³/mol. The second-order valence-corrected chi connectivity index (χ2v) is 12.2. The third-order valence-corrected chi connectivity index (χ3v) is 10.3. The first kappa shape index (κ1) is 23.1. The predicted octanol–water partition coefficient (Wildman–Crippen LogP) is 3.07. The van der Waals surface area contributed by atoms with Crippen LogP contribution in [-0.2, 0) is 11.3 Å². The van der Waals surface area contributed by atoms with Crippen molar-refractivity contribution in [1.29, 1.82) is 0 Å². The lowest BCUT2D eigenvalue weighted by Crippen LogP contribution is -2.48. The first-order valence-electron chi connectivity index (χ1n) is 13.2. The first-order chi connectivity index (χ1) is 17.6. The van der Waals surface area contributed by atoms with Crippen LogP contribution in [0.3, 0.4) is 0 Å². The Morgan fingerprint density at radius 1 is 1.17 bits per heavy atom. The smallest absolute Gasteiger partial charge is 0.273 e. The molecule has 4 aliphatic heterocycles. The molecule has 4 atom stereocenters. The van der Waals surface area contributed by atoms with Crippen LogP contribution in [0.4, 0.5) is 4.39 Å². The number of carbonyl (C=O) groups is 1. The summed E-state index contributed by atoms with van der Waals surface area (Å²) in [5, 5.41) is 7.21. The summed E-state index contributed by atoms with van der Waals surface area (Å²) >= 11 is 2.05. The molecular weight excluding hydrogens is 481 g/mol. The average Bonchev–Trinajstić information content (AvgIpc) is 3.19. The molecule has 8 nitrogen and oxygen atoms in total. The number of nitrogens with zero attached hydrogens (tertiary/aromatic N) is 4. The van der Waals surface area contributed by atoms with Crippen LogP contribution in [-0.4, -0.2) is 75.4 Å². The molecule has 2 aromatic rings. The summed E-state index contributed by atoms with van der Waals surface area (Å²) in [5.41, 5.74) is 1.33. The van der Waals surface area contributed by atoms with Gasteiger partial charge in [-0.25, -0.2) is 8.70 Å². The van der Waals surface area contributed by atoms with E-state index in [-0.39, 0.29) is 23.7 Å². The molecule has 192 valence electrons. The summed E-state index contributed by atoms with van der Waals surface area (Å²) in [4.78, 5) is 19.4. The summed E-state index contributed by atoms with van der Waals surface area (Å²) < 4.78 is 26.3. The molecule has 1 amide bonds. The molecule has 1 N–H and O–H groups in total. The van der Waals surface area contributed by atoms with Gasteiger partial charge in [-0.3, -0.25) is 14.7 Å². The number of halogens is 1. The van der Waals surface area contributed by atoms with Crippen LogP contribution in [0.15, 0.2) is 28.9 Å². The number of hydrogen-bond donors (Lipinski definition) is 1. The van der Waals surface area contributed by atoms with Gasteiger partial charge in [0, 0.05) is 49.6 Å². The van der Waals surface area contributed by atoms with Gasteiger partial charge in [0.25, 0.3) is 5.91 Å². The van der Waals surface area contributed by atoms with Crippen molar-refractivity contribution in [1.82, 2.24) is 24.7 Å². The Labute approximate surface area is 214 Å². The Morgan fingerprint density at radius 3 is 2.61 bits per heavy atom. The van der Waals surface area contributed by atoms with Gasteiger partial charge in [0.1, 0.15) is 11.6 Å². The van der Waals surface area contributed by atoms with E-state index in [0.717, 1.165) is 61.7 Å². The van der Waals surface area contributed by atoms with E-state index in [9.17, 15) is 9.18 Å². The standard InChI is InChI=1S/C26H32FN5O3S/c27-16-1-2-17(28-8-16)9-31-10-21-22(11-31)23(21)14-36-32-19-3-4-20(32)6-18(5-19)29-26(33)24-7-25(35-30-24)15-12-34-13-15/h1-2,7-8,15,18-23H,3-6,9-14H2,(H,29,33). The van der Waals surface area contributed by atoms with Gasteiger partial charge in [0.2, 0.25) is 0 Å². The van der Waals surface area contributed by atoms with Crippen LogP contribution in [0.5, 0.6) is 0 Å². The number of likely N-dealkylation sites (tertiary alicyclic amines) is 1. The van der Waals surface area contributed by atoms with E-state index >= 15 is 0 Å². The number of rotatable bonds is 8. The van der Waals surface area contributed by atoms with Crippen LogP contribution in [0.1, 0.15) is 53.5 Å². The molecule has 10 heteroatoms. The quantitative estimate of drug-likeness (QED) is 0.540. The van der Waals surface area contributed by atoms with Gasteiger partial charge >= 0.3 is 0 Å². The monoisotopic (exact) mass is 513 g/mol. The third-order valence-electron chi connectivity index (χ3n) is 8.84. The normalized spacial score (nSPS) is 33.9. The number of aromatic nitrogens is 2. The summed E-state index contributed by atoms with van der Waals surface area (Å²) in [6.45, 7) is 4.37. The number of hydrogen-bond acceptors (Lipinski definition) is 8. The number of fused-ring (bicyclic) bond motifs is 3. The van der Waals surface area contributed by atoms with Crippen molar-refractivity contribution in [3.63, 3.8) is 0 Å². The highest BCUT2D eigenvalue weighted by atomic mass is 32.2. The topological polar surface area (TPSA) is 83.7 Å². The van der Waals surface area contributed by atoms with Crippen LogP contribution >= 0.6 is 11.9 Å². The zero-order valence-corrected chi connectivity index (χ0v) is 21.0. The lowest BCUT2D eigenvalue weighted by Gasteiger charge is -2.38. The molecule has 0 spiro atoms. The van der Waals surface area contributed by atoms with E-state index in [0.29, 0.717) is 31.0 Å². The van der Waals surface area contributed by atoms with Gasteiger partial charge in [0.05, 0.1) is 31.0 Å². The molecule has 0 radical (unpaired) electrons. The zero-order valence-electron chi connectivity index (χ0n) is 20.2. The molecule has 1 saturated carbocycles. The van der Waals surface area contributed by atoms with Crippen LogP contribution in [0, 0.1) is 23.6 Å². The van der Waals surface area contributed by atoms with E-state index in [1.54, 1.807) is 12.1 Å². The van der Waals surface area contributed by atoms with Gasteiger partial charge in [-0.15, -0.1) is 0 Å². The molecule has 5 fully saturated rings. The lowest BCUT2D eigenvalue weighted by atomic mass is 9.99. The molecule has 0 aromatic carbocycles. The Kier molecular flexibility index (Phi) is 6.03. The highest BCUT2D eigenvalue weighted by Gasteiger charge is 2.55. The van der Waals surface area contributed by atoms with E-state index in [1.165, 1.54) is 30.9 Å². The minimum absolute atomic E-state index is 0.123. The number of ether oxygens (including phenoxy) is 1. The molecule has 2 bridgehead atoms. The van der Waals surface area contributed by atoms with Crippen molar-refractivity contribution in [3.8, 4) is 0 Å². The minimum Gasteiger partial charge on any atom is -0.380 e. The van der Waals surface area contributed by atoms with E-state index in [1.807, 2.05) is 0 Å². The minimum atomic E-state index is -0.274. The number of nitrogens with one attached hydrogen (secondary N) is 1. The molecule has 2 aromatic heterocycles. The second-order valence-electron chi connectivity index (χ2n) is 11.2. The number of piperidine rings is 2. The van der Waals surface area contributed by atoms with Crippen molar-refractivity contribution in [2.24, 2.45) is 17.8 Å². The highest BCUT2D eigenvalue weighted by molar-refractivity contribution is 7.97.